The van der Waals surface area contributed by atoms with Gasteiger partial charge in [0.05, 0.1) is 11.3 Å². The Balaban J connectivity index is 2.61. The second-order valence-corrected chi connectivity index (χ2v) is 8.58. The maximum atomic E-state index is 12.4. The molecule has 0 heterocycles. The van der Waals surface area contributed by atoms with Crippen LogP contribution in [0.5, 0.6) is 0 Å². The summed E-state index contributed by atoms with van der Waals surface area (Å²) >= 11 is 1.27. The van der Waals surface area contributed by atoms with E-state index in [0.29, 0.717) is 22.3 Å². The fourth-order valence-electron chi connectivity index (χ4n) is 2.04. The average Bonchev–Trinajstić information content (AvgIpc) is 2.64. The Labute approximate surface area is 172 Å². The zero-order valence-corrected chi connectivity index (χ0v) is 18.4. The van der Waals surface area contributed by atoms with Crippen molar-refractivity contribution in [1.82, 2.24) is 10.6 Å². The largest absolute Gasteiger partial charge is 0.452 e. The maximum absolute atomic E-state index is 12.4. The normalized spacial score (nSPS) is 13.1. The topological polar surface area (TPSA) is 84.5 Å². The molecule has 2 N–H and O–H groups in total. The van der Waals surface area contributed by atoms with Gasteiger partial charge in [0.15, 0.2) is 6.61 Å². The van der Waals surface area contributed by atoms with Crippen molar-refractivity contribution in [2.45, 2.75) is 58.5 Å². The van der Waals surface area contributed by atoms with Crippen LogP contribution in [0.1, 0.15) is 51.9 Å². The third-order valence-electron chi connectivity index (χ3n) is 4.58. The van der Waals surface area contributed by atoms with E-state index in [2.05, 4.69) is 10.6 Å². The van der Waals surface area contributed by atoms with Gasteiger partial charge in [-0.2, -0.15) is 0 Å². The van der Waals surface area contributed by atoms with Gasteiger partial charge in [-0.25, -0.2) is 4.79 Å². The maximum Gasteiger partial charge on any atom is 0.339 e. The summed E-state index contributed by atoms with van der Waals surface area (Å²) < 4.78 is 5.15. The van der Waals surface area contributed by atoms with Crippen LogP contribution in [0.15, 0.2) is 29.2 Å². The highest BCUT2D eigenvalue weighted by atomic mass is 32.2. The molecule has 28 heavy (non-hydrogen) atoms. The molecule has 0 saturated heterocycles. The van der Waals surface area contributed by atoms with Crippen molar-refractivity contribution in [3.63, 3.8) is 0 Å². The van der Waals surface area contributed by atoms with Crippen LogP contribution >= 0.6 is 11.8 Å². The summed E-state index contributed by atoms with van der Waals surface area (Å²) in [6.07, 6.45) is 0. The van der Waals surface area contributed by atoms with Crippen molar-refractivity contribution in [2.75, 3.05) is 12.4 Å². The van der Waals surface area contributed by atoms with Gasteiger partial charge in [-0.1, -0.05) is 39.8 Å². The van der Waals surface area contributed by atoms with Crippen LogP contribution in [-0.2, 0) is 14.3 Å². The second-order valence-electron chi connectivity index (χ2n) is 7.56. The van der Waals surface area contributed by atoms with E-state index < -0.39 is 5.97 Å². The first-order valence-electron chi connectivity index (χ1n) is 9.59. The SMILES string of the molecule is CC(C)C(C)NC(=O)COC(=O)c1ccccc1SCC(=O)NC(C)C(C)C. The van der Waals surface area contributed by atoms with E-state index in [4.69, 9.17) is 4.74 Å². The molecule has 2 amide bonds. The minimum absolute atomic E-state index is 0.000729. The summed E-state index contributed by atoms with van der Waals surface area (Å²) in [6.45, 7) is 11.6. The predicted molar refractivity (Wildman–Crippen MR) is 112 cm³/mol. The first-order valence-corrected chi connectivity index (χ1v) is 10.6. The van der Waals surface area contributed by atoms with E-state index in [1.807, 2.05) is 41.5 Å². The summed E-state index contributed by atoms with van der Waals surface area (Å²) in [5, 5.41) is 5.73. The van der Waals surface area contributed by atoms with Crippen LogP contribution in [0, 0.1) is 11.8 Å². The van der Waals surface area contributed by atoms with E-state index >= 15 is 0 Å². The van der Waals surface area contributed by atoms with E-state index in [1.165, 1.54) is 11.8 Å². The standard InChI is InChI=1S/C21H32N2O4S/c1-13(2)15(5)22-19(24)11-27-21(26)17-9-7-8-10-18(17)28-12-20(25)23-16(6)14(3)4/h7-10,13-16H,11-12H2,1-6H3,(H,22,24)(H,23,25). The highest BCUT2D eigenvalue weighted by Crippen LogP contribution is 2.23. The summed E-state index contributed by atoms with van der Waals surface area (Å²) in [7, 11) is 0. The van der Waals surface area contributed by atoms with Gasteiger partial charge in [0.25, 0.3) is 5.91 Å². The third kappa shape index (κ3) is 8.33. The van der Waals surface area contributed by atoms with E-state index in [-0.39, 0.29) is 36.3 Å². The molecular weight excluding hydrogens is 376 g/mol. The number of carbonyl (C=O) groups is 3. The molecule has 1 aromatic rings. The fourth-order valence-corrected chi connectivity index (χ4v) is 2.89. The number of carbonyl (C=O) groups excluding carboxylic acids is 3. The van der Waals surface area contributed by atoms with E-state index in [1.54, 1.807) is 24.3 Å². The number of benzene rings is 1. The number of hydrogen-bond acceptors (Lipinski definition) is 5. The first-order chi connectivity index (χ1) is 13.1. The number of ether oxygens (including phenoxy) is 1. The molecule has 0 aliphatic heterocycles. The number of amides is 2. The van der Waals surface area contributed by atoms with Crippen LogP contribution in [0.4, 0.5) is 0 Å². The Hall–Kier alpha value is -2.02. The molecule has 156 valence electrons. The molecule has 0 aromatic heterocycles. The molecule has 7 heteroatoms. The second kappa shape index (κ2) is 11.7. The summed E-state index contributed by atoms with van der Waals surface area (Å²) in [6, 6.07) is 7.00. The first kappa shape index (κ1) is 24.0. The molecule has 0 spiro atoms. The minimum atomic E-state index is -0.577. The van der Waals surface area contributed by atoms with Gasteiger partial charge in [0, 0.05) is 17.0 Å². The Kier molecular flexibility index (Phi) is 10.1. The van der Waals surface area contributed by atoms with Gasteiger partial charge in [-0.15, -0.1) is 11.8 Å². The molecule has 0 aliphatic carbocycles. The molecule has 2 atom stereocenters. The van der Waals surface area contributed by atoms with Crippen LogP contribution in [0.3, 0.4) is 0 Å². The lowest BCUT2D eigenvalue weighted by Crippen LogP contribution is -2.38. The number of hydrogen-bond donors (Lipinski definition) is 2. The monoisotopic (exact) mass is 408 g/mol. The Morgan fingerprint density at radius 3 is 2.00 bits per heavy atom. The molecule has 1 rings (SSSR count). The molecule has 0 saturated carbocycles. The average molecular weight is 409 g/mol. The van der Waals surface area contributed by atoms with Crippen molar-refractivity contribution in [3.8, 4) is 0 Å². The quantitative estimate of drug-likeness (QED) is 0.459. The lowest BCUT2D eigenvalue weighted by Gasteiger charge is -2.18. The Morgan fingerprint density at radius 1 is 0.893 bits per heavy atom. The van der Waals surface area contributed by atoms with Crippen molar-refractivity contribution in [2.24, 2.45) is 11.8 Å². The van der Waals surface area contributed by atoms with Gasteiger partial charge in [0.2, 0.25) is 5.91 Å². The highest BCUT2D eigenvalue weighted by molar-refractivity contribution is 8.00. The molecule has 1 aromatic carbocycles. The minimum Gasteiger partial charge on any atom is -0.452 e. The molecule has 0 radical (unpaired) electrons. The fraction of sp³-hybridized carbons (Fsp3) is 0.571. The van der Waals surface area contributed by atoms with Crippen molar-refractivity contribution in [3.05, 3.63) is 29.8 Å². The van der Waals surface area contributed by atoms with Gasteiger partial charge < -0.3 is 15.4 Å². The number of rotatable bonds is 10. The number of thioether (sulfide) groups is 1. The molecular formula is C21H32N2O4S. The predicted octanol–water partition coefficient (Wildman–Crippen LogP) is 3.26. The van der Waals surface area contributed by atoms with Gasteiger partial charge in [0.1, 0.15) is 0 Å². The summed E-state index contributed by atoms with van der Waals surface area (Å²) in [5.74, 6) is -0.153. The van der Waals surface area contributed by atoms with Crippen LogP contribution in [-0.4, -0.2) is 42.2 Å². The zero-order valence-electron chi connectivity index (χ0n) is 17.6. The highest BCUT2D eigenvalue weighted by Gasteiger charge is 2.17. The molecule has 0 fully saturated rings. The lowest BCUT2D eigenvalue weighted by molar-refractivity contribution is -0.125. The molecule has 6 nitrogen and oxygen atoms in total. The van der Waals surface area contributed by atoms with E-state index in [0.717, 1.165) is 0 Å². The number of nitrogens with one attached hydrogen (secondary N) is 2. The molecule has 0 aliphatic rings. The smallest absolute Gasteiger partial charge is 0.339 e. The van der Waals surface area contributed by atoms with Crippen LogP contribution in [0.25, 0.3) is 0 Å². The van der Waals surface area contributed by atoms with Crippen molar-refractivity contribution < 1.29 is 19.1 Å². The van der Waals surface area contributed by atoms with Gasteiger partial charge >= 0.3 is 5.97 Å². The van der Waals surface area contributed by atoms with E-state index in [9.17, 15) is 14.4 Å². The molecule has 0 bridgehead atoms. The molecule has 2 unspecified atom stereocenters. The van der Waals surface area contributed by atoms with Crippen LogP contribution < -0.4 is 10.6 Å². The summed E-state index contributed by atoms with van der Waals surface area (Å²) in [5.41, 5.74) is 0.349. The summed E-state index contributed by atoms with van der Waals surface area (Å²) in [4.78, 5) is 37.0. The number of esters is 1. The van der Waals surface area contributed by atoms with Crippen molar-refractivity contribution >= 4 is 29.5 Å². The van der Waals surface area contributed by atoms with Gasteiger partial charge in [-0.3, -0.25) is 9.59 Å². The Bertz CT molecular complexity index is 676. The zero-order chi connectivity index (χ0) is 21.3. The Morgan fingerprint density at radius 2 is 1.43 bits per heavy atom. The lowest BCUT2D eigenvalue weighted by atomic mass is 10.1. The van der Waals surface area contributed by atoms with Crippen LogP contribution in [0.2, 0.25) is 0 Å². The van der Waals surface area contributed by atoms with Crippen molar-refractivity contribution in [1.29, 1.82) is 0 Å². The van der Waals surface area contributed by atoms with Gasteiger partial charge in [-0.05, 0) is 37.8 Å². The third-order valence-corrected chi connectivity index (χ3v) is 5.65.